The number of hydrogen-bond acceptors (Lipinski definition) is 2. The van der Waals surface area contributed by atoms with Crippen molar-refractivity contribution in [3.05, 3.63) is 34.5 Å². The monoisotopic (exact) mass is 300 g/mol. The van der Waals surface area contributed by atoms with E-state index in [-0.39, 0.29) is 12.0 Å². The van der Waals surface area contributed by atoms with Gasteiger partial charge in [0.1, 0.15) is 6.10 Å². The van der Waals surface area contributed by atoms with Crippen LogP contribution < -0.4 is 5.32 Å². The molecule has 2 aromatic rings. The Labute approximate surface area is 131 Å². The summed E-state index contributed by atoms with van der Waals surface area (Å²) in [5, 5.41) is 4.28. The van der Waals surface area contributed by atoms with E-state index in [2.05, 4.69) is 43.2 Å². The zero-order chi connectivity index (χ0) is 15.7. The zero-order valence-corrected chi connectivity index (χ0v) is 13.6. The highest BCUT2D eigenvalue weighted by atomic mass is 16.5. The van der Waals surface area contributed by atoms with E-state index in [1.165, 1.54) is 22.2 Å². The van der Waals surface area contributed by atoms with Crippen LogP contribution in [0.2, 0.25) is 0 Å². The molecule has 1 saturated heterocycles. The lowest BCUT2D eigenvalue weighted by molar-refractivity contribution is -0.135. The fourth-order valence-electron chi connectivity index (χ4n) is 3.17. The summed E-state index contributed by atoms with van der Waals surface area (Å²) in [6, 6.07) is 4.34. The molecule has 0 saturated carbocycles. The third kappa shape index (κ3) is 2.88. The Morgan fingerprint density at radius 3 is 2.86 bits per heavy atom. The number of amides is 1. The summed E-state index contributed by atoms with van der Waals surface area (Å²) in [4.78, 5) is 15.7. The van der Waals surface area contributed by atoms with Crippen molar-refractivity contribution in [2.45, 2.75) is 52.7 Å². The predicted molar refractivity (Wildman–Crippen MR) is 87.9 cm³/mol. The number of aromatic amines is 1. The smallest absolute Gasteiger partial charge is 0.249 e. The number of H-pyrrole nitrogens is 1. The topological polar surface area (TPSA) is 54.1 Å². The molecular weight excluding hydrogens is 276 g/mol. The van der Waals surface area contributed by atoms with Crippen LogP contribution in [0.4, 0.5) is 0 Å². The average Bonchev–Trinajstić information content (AvgIpc) is 2.81. The highest BCUT2D eigenvalue weighted by molar-refractivity contribution is 5.88. The van der Waals surface area contributed by atoms with E-state index < -0.39 is 0 Å². The Kier molecular flexibility index (Phi) is 4.21. The maximum Gasteiger partial charge on any atom is 0.249 e. The average molecular weight is 300 g/mol. The zero-order valence-electron chi connectivity index (χ0n) is 13.6. The minimum absolute atomic E-state index is 0.00866. The van der Waals surface area contributed by atoms with Gasteiger partial charge >= 0.3 is 0 Å². The van der Waals surface area contributed by atoms with E-state index in [1.807, 2.05) is 0 Å². The van der Waals surface area contributed by atoms with E-state index in [9.17, 15) is 4.79 Å². The molecule has 4 heteroatoms. The van der Waals surface area contributed by atoms with Crippen LogP contribution in [-0.2, 0) is 16.1 Å². The van der Waals surface area contributed by atoms with Gasteiger partial charge in [-0.05, 0) is 57.2 Å². The van der Waals surface area contributed by atoms with Crippen molar-refractivity contribution in [2.24, 2.45) is 0 Å². The molecule has 4 nitrogen and oxygen atoms in total. The summed E-state index contributed by atoms with van der Waals surface area (Å²) in [5.74, 6) is 0.00866. The van der Waals surface area contributed by atoms with Crippen LogP contribution in [0.15, 0.2) is 12.1 Å². The molecule has 118 valence electrons. The van der Waals surface area contributed by atoms with Gasteiger partial charge in [-0.2, -0.15) is 0 Å². The largest absolute Gasteiger partial charge is 0.368 e. The lowest BCUT2D eigenvalue weighted by atomic mass is 10.0. The first-order chi connectivity index (χ1) is 10.6. The number of benzene rings is 1. The highest BCUT2D eigenvalue weighted by Gasteiger charge is 2.21. The standard InChI is InChI=1S/C18H24N2O2/c1-11-8-14(17-15(9-11)12(2)13(3)20-17)10-19-18(21)16-6-4-5-7-22-16/h8-9,16,20H,4-7,10H2,1-3H3,(H,19,21)/t16-/m0/s1. The van der Waals surface area contributed by atoms with Gasteiger partial charge in [0, 0.05) is 24.2 Å². The molecule has 0 unspecified atom stereocenters. The molecule has 1 amide bonds. The first-order valence-corrected chi connectivity index (χ1v) is 8.04. The molecule has 2 heterocycles. The van der Waals surface area contributed by atoms with Gasteiger partial charge in [-0.15, -0.1) is 0 Å². The van der Waals surface area contributed by atoms with Crippen LogP contribution in [-0.4, -0.2) is 23.6 Å². The van der Waals surface area contributed by atoms with Crippen LogP contribution in [0, 0.1) is 20.8 Å². The molecule has 0 aliphatic carbocycles. The second-order valence-corrected chi connectivity index (χ2v) is 6.29. The molecule has 2 N–H and O–H groups in total. The Balaban J connectivity index is 1.78. The number of carbonyl (C=O) groups excluding carboxylic acids is 1. The van der Waals surface area contributed by atoms with E-state index in [1.54, 1.807) is 0 Å². The number of rotatable bonds is 3. The van der Waals surface area contributed by atoms with Crippen molar-refractivity contribution in [1.82, 2.24) is 10.3 Å². The molecule has 1 aliphatic heterocycles. The normalized spacial score (nSPS) is 18.6. The number of aryl methyl sites for hydroxylation is 3. The van der Waals surface area contributed by atoms with Crippen molar-refractivity contribution >= 4 is 16.8 Å². The summed E-state index contributed by atoms with van der Waals surface area (Å²) in [6.45, 7) is 7.55. The van der Waals surface area contributed by atoms with Gasteiger partial charge in [0.05, 0.1) is 5.52 Å². The molecule has 1 fully saturated rings. The fourth-order valence-corrected chi connectivity index (χ4v) is 3.17. The van der Waals surface area contributed by atoms with Gasteiger partial charge in [-0.1, -0.05) is 11.6 Å². The van der Waals surface area contributed by atoms with Crippen LogP contribution in [0.25, 0.3) is 10.9 Å². The summed E-state index contributed by atoms with van der Waals surface area (Å²) in [6.07, 6.45) is 2.68. The van der Waals surface area contributed by atoms with Crippen molar-refractivity contribution in [3.8, 4) is 0 Å². The molecule has 1 aromatic heterocycles. The SMILES string of the molecule is Cc1cc(CNC(=O)[C@@H]2CCCCO2)c2[nH]c(C)c(C)c2c1. The maximum atomic E-state index is 12.2. The van der Waals surface area contributed by atoms with Crippen LogP contribution in [0.3, 0.4) is 0 Å². The lowest BCUT2D eigenvalue weighted by Crippen LogP contribution is -2.38. The van der Waals surface area contributed by atoms with Crippen molar-refractivity contribution in [2.75, 3.05) is 6.61 Å². The first kappa shape index (κ1) is 15.1. The second-order valence-electron chi connectivity index (χ2n) is 6.29. The van der Waals surface area contributed by atoms with Crippen molar-refractivity contribution < 1.29 is 9.53 Å². The van der Waals surface area contributed by atoms with E-state index in [0.717, 1.165) is 30.3 Å². The number of fused-ring (bicyclic) bond motifs is 1. The number of carbonyl (C=O) groups is 1. The maximum absolute atomic E-state index is 12.2. The highest BCUT2D eigenvalue weighted by Crippen LogP contribution is 2.26. The van der Waals surface area contributed by atoms with Crippen LogP contribution in [0.5, 0.6) is 0 Å². The van der Waals surface area contributed by atoms with Gasteiger partial charge in [-0.25, -0.2) is 0 Å². The molecule has 0 radical (unpaired) electrons. The van der Waals surface area contributed by atoms with Crippen molar-refractivity contribution in [3.63, 3.8) is 0 Å². The van der Waals surface area contributed by atoms with Gasteiger partial charge < -0.3 is 15.0 Å². The molecule has 1 aliphatic rings. The van der Waals surface area contributed by atoms with Gasteiger partial charge in [-0.3, -0.25) is 4.79 Å². The molecule has 0 spiro atoms. The fraction of sp³-hybridized carbons (Fsp3) is 0.500. The minimum Gasteiger partial charge on any atom is -0.368 e. The third-order valence-electron chi connectivity index (χ3n) is 4.57. The number of nitrogens with one attached hydrogen (secondary N) is 2. The van der Waals surface area contributed by atoms with Crippen molar-refractivity contribution in [1.29, 1.82) is 0 Å². The Morgan fingerprint density at radius 1 is 1.32 bits per heavy atom. The second kappa shape index (κ2) is 6.13. The molecular formula is C18H24N2O2. The Morgan fingerprint density at radius 2 is 2.14 bits per heavy atom. The molecule has 3 rings (SSSR count). The van der Waals surface area contributed by atoms with E-state index in [0.29, 0.717) is 13.2 Å². The van der Waals surface area contributed by atoms with Crippen LogP contribution >= 0.6 is 0 Å². The van der Waals surface area contributed by atoms with Crippen LogP contribution in [0.1, 0.15) is 41.6 Å². The lowest BCUT2D eigenvalue weighted by Gasteiger charge is -2.21. The molecule has 0 bridgehead atoms. The predicted octanol–water partition coefficient (Wildman–Crippen LogP) is 3.28. The van der Waals surface area contributed by atoms with Gasteiger partial charge in [0.2, 0.25) is 5.91 Å². The Hall–Kier alpha value is -1.81. The summed E-state index contributed by atoms with van der Waals surface area (Å²) >= 11 is 0. The third-order valence-corrected chi connectivity index (χ3v) is 4.57. The Bertz CT molecular complexity index is 697. The first-order valence-electron chi connectivity index (χ1n) is 8.04. The van der Waals surface area contributed by atoms with Gasteiger partial charge in [0.25, 0.3) is 0 Å². The quantitative estimate of drug-likeness (QED) is 0.914. The molecule has 1 aromatic carbocycles. The van der Waals surface area contributed by atoms with E-state index >= 15 is 0 Å². The minimum atomic E-state index is -0.277. The molecule has 1 atom stereocenters. The number of ether oxygens (including phenoxy) is 1. The summed E-state index contributed by atoms with van der Waals surface area (Å²) < 4.78 is 5.54. The number of hydrogen-bond donors (Lipinski definition) is 2. The molecule has 22 heavy (non-hydrogen) atoms. The summed E-state index contributed by atoms with van der Waals surface area (Å²) in [7, 11) is 0. The summed E-state index contributed by atoms with van der Waals surface area (Å²) in [5.41, 5.74) is 5.94. The number of aromatic nitrogens is 1. The van der Waals surface area contributed by atoms with Gasteiger partial charge in [0.15, 0.2) is 0 Å². The van der Waals surface area contributed by atoms with E-state index in [4.69, 9.17) is 4.74 Å².